The molecule has 1 aliphatic rings. The second kappa shape index (κ2) is 10.7. The summed E-state index contributed by atoms with van der Waals surface area (Å²) >= 11 is 5.73. The number of amides is 2. The number of alkyl halides is 3. The molecule has 1 aromatic heterocycles. The molecule has 0 aliphatic carbocycles. The third kappa shape index (κ3) is 6.36. The van der Waals surface area contributed by atoms with Gasteiger partial charge in [-0.3, -0.25) is 9.59 Å². The molecule has 3 N–H and O–H groups in total. The molecule has 3 aromatic rings. The minimum atomic E-state index is -4.57. The van der Waals surface area contributed by atoms with Crippen molar-refractivity contribution >= 4 is 34.8 Å². The highest BCUT2D eigenvalue weighted by molar-refractivity contribution is 6.30. The molecule has 0 radical (unpaired) electrons. The maximum Gasteiger partial charge on any atom is 0.418 e. The second-order valence-corrected chi connectivity index (χ2v) is 8.99. The van der Waals surface area contributed by atoms with E-state index in [1.54, 1.807) is 31.2 Å². The highest BCUT2D eigenvalue weighted by Crippen LogP contribution is 2.37. The number of ether oxygens (including phenoxy) is 1. The van der Waals surface area contributed by atoms with Crippen molar-refractivity contribution < 1.29 is 27.5 Å². The zero-order valence-electron chi connectivity index (χ0n) is 19.7. The third-order valence-electron chi connectivity index (χ3n) is 5.83. The number of halogens is 4. The van der Waals surface area contributed by atoms with Crippen LogP contribution in [0.4, 0.5) is 24.5 Å². The van der Waals surface area contributed by atoms with E-state index in [1.165, 1.54) is 24.5 Å². The molecule has 2 heterocycles. The van der Waals surface area contributed by atoms with Crippen LogP contribution in [0.15, 0.2) is 54.9 Å². The van der Waals surface area contributed by atoms with Gasteiger partial charge in [-0.25, -0.2) is 9.97 Å². The minimum absolute atomic E-state index is 0.0159. The molecular weight excluding hydrogens is 511 g/mol. The summed E-state index contributed by atoms with van der Waals surface area (Å²) in [6.07, 6.45) is -1.51. The molecular formula is C25H23ClF3N5O3. The summed E-state index contributed by atoms with van der Waals surface area (Å²) in [5.74, 6) is -0.385. The Labute approximate surface area is 215 Å². The molecule has 2 amide bonds. The number of benzene rings is 2. The molecule has 1 aliphatic heterocycles. The van der Waals surface area contributed by atoms with Gasteiger partial charge in [0.1, 0.15) is 11.4 Å². The number of anilines is 2. The summed E-state index contributed by atoms with van der Waals surface area (Å²) in [5.41, 5.74) is -0.890. The standard InChI is InChI=1S/C25H23ClF3N5O3/c1-15-30-12-17(13-31-15)22(35)34-24(8-9-37-14-24)23(36)32-11-16-2-5-19(6-3-16)33-21-7-4-18(26)10-20(21)25(27,28)29/h2-7,10,12-13,33H,8-9,11,14H2,1H3,(H,32,36)(H,34,35)/t24-/m0/s1. The van der Waals surface area contributed by atoms with Crippen molar-refractivity contribution in [3.63, 3.8) is 0 Å². The predicted octanol–water partition coefficient (Wildman–Crippen LogP) is 4.41. The van der Waals surface area contributed by atoms with Crippen LogP contribution < -0.4 is 16.0 Å². The Bertz CT molecular complexity index is 1280. The summed E-state index contributed by atoms with van der Waals surface area (Å²) < 4.78 is 45.4. The Morgan fingerprint density at radius 1 is 1.11 bits per heavy atom. The van der Waals surface area contributed by atoms with E-state index >= 15 is 0 Å². The van der Waals surface area contributed by atoms with Crippen LogP contribution in [0.5, 0.6) is 0 Å². The van der Waals surface area contributed by atoms with Crippen LogP contribution >= 0.6 is 11.6 Å². The molecule has 2 aromatic carbocycles. The number of nitrogens with zero attached hydrogens (tertiary/aromatic N) is 2. The van der Waals surface area contributed by atoms with E-state index in [0.29, 0.717) is 30.1 Å². The fraction of sp³-hybridized carbons (Fsp3) is 0.280. The summed E-state index contributed by atoms with van der Waals surface area (Å²) in [7, 11) is 0. The fourth-order valence-electron chi connectivity index (χ4n) is 3.77. The largest absolute Gasteiger partial charge is 0.418 e. The normalized spacial score (nSPS) is 17.3. The third-order valence-corrected chi connectivity index (χ3v) is 6.06. The first-order valence-corrected chi connectivity index (χ1v) is 11.6. The lowest BCUT2D eigenvalue weighted by Gasteiger charge is -2.27. The van der Waals surface area contributed by atoms with E-state index < -0.39 is 29.1 Å². The van der Waals surface area contributed by atoms with Gasteiger partial charge in [0.05, 0.1) is 23.4 Å². The van der Waals surface area contributed by atoms with Crippen molar-refractivity contribution in [2.24, 2.45) is 0 Å². The molecule has 0 unspecified atom stereocenters. The first-order valence-electron chi connectivity index (χ1n) is 11.3. The zero-order valence-corrected chi connectivity index (χ0v) is 20.4. The Balaban J connectivity index is 1.39. The SMILES string of the molecule is Cc1ncc(C(=O)N[C@@]2(C(=O)NCc3ccc(Nc4ccc(Cl)cc4C(F)(F)F)cc3)CCOC2)cn1. The van der Waals surface area contributed by atoms with Crippen LogP contribution in [0.25, 0.3) is 0 Å². The molecule has 0 spiro atoms. The van der Waals surface area contributed by atoms with Crippen LogP contribution in [0.2, 0.25) is 5.02 Å². The number of carbonyl (C=O) groups is 2. The van der Waals surface area contributed by atoms with Crippen molar-refractivity contribution in [1.29, 1.82) is 0 Å². The van der Waals surface area contributed by atoms with E-state index in [4.69, 9.17) is 16.3 Å². The van der Waals surface area contributed by atoms with Gasteiger partial charge in [-0.2, -0.15) is 13.2 Å². The number of hydrogen-bond acceptors (Lipinski definition) is 6. The van der Waals surface area contributed by atoms with Crippen molar-refractivity contribution in [1.82, 2.24) is 20.6 Å². The number of carbonyl (C=O) groups excluding carboxylic acids is 2. The highest BCUT2D eigenvalue weighted by Gasteiger charge is 2.43. The lowest BCUT2D eigenvalue weighted by atomic mass is 9.96. The Morgan fingerprint density at radius 3 is 2.43 bits per heavy atom. The molecule has 37 heavy (non-hydrogen) atoms. The molecule has 0 saturated carbocycles. The van der Waals surface area contributed by atoms with Crippen LogP contribution in [0, 0.1) is 6.92 Å². The fourth-order valence-corrected chi connectivity index (χ4v) is 3.94. The van der Waals surface area contributed by atoms with Crippen LogP contribution in [-0.2, 0) is 22.3 Å². The average molecular weight is 534 g/mol. The highest BCUT2D eigenvalue weighted by atomic mass is 35.5. The quantitative estimate of drug-likeness (QED) is 0.416. The Hall–Kier alpha value is -3.70. The predicted molar refractivity (Wildman–Crippen MR) is 130 cm³/mol. The Morgan fingerprint density at radius 2 is 1.81 bits per heavy atom. The maximum absolute atomic E-state index is 13.3. The van der Waals surface area contributed by atoms with E-state index in [1.807, 2.05) is 0 Å². The van der Waals surface area contributed by atoms with Gasteiger partial charge in [0.25, 0.3) is 5.91 Å². The second-order valence-electron chi connectivity index (χ2n) is 8.55. The van der Waals surface area contributed by atoms with E-state index in [-0.39, 0.29) is 29.4 Å². The number of aromatic nitrogens is 2. The van der Waals surface area contributed by atoms with Crippen molar-refractivity contribution in [3.05, 3.63) is 82.4 Å². The topological polar surface area (TPSA) is 105 Å². The van der Waals surface area contributed by atoms with Gasteiger partial charge < -0.3 is 20.7 Å². The van der Waals surface area contributed by atoms with Crippen molar-refractivity contribution in [3.8, 4) is 0 Å². The summed E-state index contributed by atoms with van der Waals surface area (Å²) in [6, 6.07) is 10.0. The molecule has 12 heteroatoms. The molecule has 1 saturated heterocycles. The molecule has 1 fully saturated rings. The molecule has 8 nitrogen and oxygen atoms in total. The van der Waals surface area contributed by atoms with Crippen LogP contribution in [0.3, 0.4) is 0 Å². The lowest BCUT2D eigenvalue weighted by molar-refractivity contribution is -0.137. The number of hydrogen-bond donors (Lipinski definition) is 3. The number of nitrogens with one attached hydrogen (secondary N) is 3. The first-order chi connectivity index (χ1) is 17.6. The smallest absolute Gasteiger partial charge is 0.378 e. The summed E-state index contributed by atoms with van der Waals surface area (Å²) in [4.78, 5) is 33.7. The number of rotatable bonds is 7. The van der Waals surface area contributed by atoms with Gasteiger partial charge in [0, 0.05) is 42.7 Å². The van der Waals surface area contributed by atoms with Crippen LogP contribution in [-0.4, -0.2) is 40.5 Å². The molecule has 194 valence electrons. The van der Waals surface area contributed by atoms with Gasteiger partial charge in [-0.05, 0) is 42.8 Å². The van der Waals surface area contributed by atoms with Crippen molar-refractivity contribution in [2.45, 2.75) is 31.6 Å². The van der Waals surface area contributed by atoms with E-state index in [9.17, 15) is 22.8 Å². The minimum Gasteiger partial charge on any atom is -0.378 e. The van der Waals surface area contributed by atoms with E-state index in [0.717, 1.165) is 6.07 Å². The zero-order chi connectivity index (χ0) is 26.6. The monoisotopic (exact) mass is 533 g/mol. The Kier molecular flexibility index (Phi) is 7.65. The number of aryl methyl sites for hydroxylation is 1. The maximum atomic E-state index is 13.3. The van der Waals surface area contributed by atoms with Gasteiger partial charge in [-0.15, -0.1) is 0 Å². The molecule has 1 atom stereocenters. The van der Waals surface area contributed by atoms with Gasteiger partial charge in [0.2, 0.25) is 5.91 Å². The summed E-state index contributed by atoms with van der Waals surface area (Å²) in [5, 5.41) is 8.29. The molecule has 0 bridgehead atoms. The van der Waals surface area contributed by atoms with Gasteiger partial charge in [-0.1, -0.05) is 23.7 Å². The van der Waals surface area contributed by atoms with Gasteiger partial charge >= 0.3 is 6.18 Å². The first kappa shape index (κ1) is 26.4. The van der Waals surface area contributed by atoms with Gasteiger partial charge in [0.15, 0.2) is 0 Å². The summed E-state index contributed by atoms with van der Waals surface area (Å²) in [6.45, 7) is 2.16. The van der Waals surface area contributed by atoms with Crippen LogP contribution in [0.1, 0.15) is 33.7 Å². The van der Waals surface area contributed by atoms with Crippen molar-refractivity contribution in [2.75, 3.05) is 18.5 Å². The van der Waals surface area contributed by atoms with E-state index in [2.05, 4.69) is 25.9 Å². The lowest BCUT2D eigenvalue weighted by Crippen LogP contribution is -2.59. The average Bonchev–Trinajstić information content (AvgIpc) is 3.34. The molecule has 4 rings (SSSR count).